The number of hydrogen-bond acceptors (Lipinski definition) is 8. The van der Waals surface area contributed by atoms with Crippen LogP contribution in [-0.4, -0.2) is 58.7 Å². The maximum Gasteiger partial charge on any atom is 0.169 e. The van der Waals surface area contributed by atoms with Crippen LogP contribution in [-0.2, 0) is 4.74 Å². The Balaban J connectivity index is 1.22. The molecule has 8 nitrogen and oxygen atoms in total. The molecule has 3 aromatic rings. The molecule has 36 heavy (non-hydrogen) atoms. The van der Waals surface area contributed by atoms with E-state index in [2.05, 4.69) is 49.0 Å². The zero-order chi connectivity index (χ0) is 24.5. The second-order valence-corrected chi connectivity index (χ2v) is 9.77. The minimum atomic E-state index is 0.181. The molecule has 0 aliphatic carbocycles. The van der Waals surface area contributed by atoms with Crippen LogP contribution >= 0.6 is 0 Å². The third-order valence-electron chi connectivity index (χ3n) is 7.47. The zero-order valence-corrected chi connectivity index (χ0v) is 20.2. The second kappa shape index (κ2) is 9.67. The van der Waals surface area contributed by atoms with Crippen LogP contribution in [0.25, 0.3) is 11.3 Å². The van der Waals surface area contributed by atoms with E-state index in [4.69, 9.17) is 10.5 Å². The summed E-state index contributed by atoms with van der Waals surface area (Å²) in [7, 11) is 0. The van der Waals surface area contributed by atoms with E-state index >= 15 is 0 Å². The van der Waals surface area contributed by atoms with Crippen LogP contribution in [0.3, 0.4) is 0 Å². The first-order chi connectivity index (χ1) is 17.7. The number of rotatable bonds is 3. The molecule has 0 amide bonds. The Morgan fingerprint density at radius 3 is 2.53 bits per heavy atom. The van der Waals surface area contributed by atoms with Gasteiger partial charge in [-0.05, 0) is 61.9 Å². The van der Waals surface area contributed by atoms with E-state index in [9.17, 15) is 5.11 Å². The minimum Gasteiger partial charge on any atom is -0.507 e. The summed E-state index contributed by atoms with van der Waals surface area (Å²) in [6.07, 6.45) is 6.11. The van der Waals surface area contributed by atoms with Crippen molar-refractivity contribution in [3.63, 3.8) is 0 Å². The average Bonchev–Trinajstić information content (AvgIpc) is 3.18. The normalized spacial score (nSPS) is 21.8. The fraction of sp³-hybridized carbons (Fsp3) is 0.393. The Morgan fingerprint density at radius 2 is 1.75 bits per heavy atom. The standard InChI is InChI=1S/C28H30N6O2/c29-28-26(16-25(31-32-28)24-3-1-2-4-27(24)35)33-17-22-7-8-23(18-33)34(22)21-9-12-30-20(15-21)6-5-19-10-13-36-14-11-19/h1-4,9,12,15-16,19,22-23,35H,7-8,10-11,13-14,17-18H2,(H2,29,32). The summed E-state index contributed by atoms with van der Waals surface area (Å²) in [4.78, 5) is 9.37. The van der Waals surface area contributed by atoms with Gasteiger partial charge < -0.3 is 25.4 Å². The highest BCUT2D eigenvalue weighted by Gasteiger charge is 2.40. The van der Waals surface area contributed by atoms with Crippen molar-refractivity contribution >= 4 is 17.2 Å². The first-order valence-electron chi connectivity index (χ1n) is 12.7. The average molecular weight is 483 g/mol. The molecule has 3 saturated heterocycles. The molecule has 8 heteroatoms. The summed E-state index contributed by atoms with van der Waals surface area (Å²) in [6.45, 7) is 3.29. The smallest absolute Gasteiger partial charge is 0.169 e. The summed E-state index contributed by atoms with van der Waals surface area (Å²) in [5, 5.41) is 18.7. The van der Waals surface area contributed by atoms with Gasteiger partial charge in [0.05, 0.1) is 11.4 Å². The molecular weight excluding hydrogens is 452 g/mol. The molecule has 0 spiro atoms. The number of nitrogens with zero attached hydrogens (tertiary/aromatic N) is 5. The van der Waals surface area contributed by atoms with E-state index in [0.717, 1.165) is 63.4 Å². The molecule has 2 unspecified atom stereocenters. The van der Waals surface area contributed by atoms with Gasteiger partial charge in [-0.1, -0.05) is 18.1 Å². The van der Waals surface area contributed by atoms with Crippen LogP contribution in [0.15, 0.2) is 48.7 Å². The fourth-order valence-electron chi connectivity index (χ4n) is 5.65. The molecule has 2 bridgehead atoms. The van der Waals surface area contributed by atoms with Gasteiger partial charge in [-0.2, -0.15) is 0 Å². The molecule has 3 aliphatic rings. The summed E-state index contributed by atoms with van der Waals surface area (Å²) < 4.78 is 5.44. The Morgan fingerprint density at radius 1 is 0.972 bits per heavy atom. The second-order valence-electron chi connectivity index (χ2n) is 9.77. The first-order valence-corrected chi connectivity index (χ1v) is 12.7. The molecule has 5 heterocycles. The monoisotopic (exact) mass is 482 g/mol. The van der Waals surface area contributed by atoms with Gasteiger partial charge in [0.2, 0.25) is 0 Å². The number of aromatic nitrogens is 3. The molecular formula is C28H30N6O2. The fourth-order valence-corrected chi connectivity index (χ4v) is 5.65. The number of anilines is 3. The Hall–Kier alpha value is -3.83. The zero-order valence-electron chi connectivity index (χ0n) is 20.2. The quantitative estimate of drug-likeness (QED) is 0.548. The van der Waals surface area contributed by atoms with Crippen molar-refractivity contribution in [2.24, 2.45) is 5.92 Å². The SMILES string of the molecule is Nc1nnc(-c2ccccc2O)cc1N1CC2CCC(C1)N2c1ccnc(C#CC2CCOCC2)c1. The van der Waals surface area contributed by atoms with Gasteiger partial charge >= 0.3 is 0 Å². The molecule has 1 aromatic carbocycles. The van der Waals surface area contributed by atoms with Gasteiger partial charge in [-0.25, -0.2) is 4.98 Å². The van der Waals surface area contributed by atoms with Gasteiger partial charge in [-0.3, -0.25) is 0 Å². The minimum absolute atomic E-state index is 0.181. The molecule has 2 aromatic heterocycles. The molecule has 3 fully saturated rings. The molecule has 0 radical (unpaired) electrons. The largest absolute Gasteiger partial charge is 0.507 e. The maximum atomic E-state index is 10.3. The van der Waals surface area contributed by atoms with E-state index in [1.807, 2.05) is 24.4 Å². The number of pyridine rings is 1. The lowest BCUT2D eigenvalue weighted by Crippen LogP contribution is -2.54. The van der Waals surface area contributed by atoms with Crippen LogP contribution in [0, 0.1) is 17.8 Å². The number of hydrogen-bond donors (Lipinski definition) is 2. The van der Waals surface area contributed by atoms with E-state index in [-0.39, 0.29) is 5.75 Å². The third kappa shape index (κ3) is 4.42. The lowest BCUT2D eigenvalue weighted by atomic mass is 10.0. The van der Waals surface area contributed by atoms with Crippen molar-refractivity contribution in [2.75, 3.05) is 41.8 Å². The first kappa shape index (κ1) is 22.6. The van der Waals surface area contributed by atoms with Crippen LogP contribution in [0.1, 0.15) is 31.4 Å². The number of fused-ring (bicyclic) bond motifs is 2. The highest BCUT2D eigenvalue weighted by molar-refractivity contribution is 5.74. The van der Waals surface area contributed by atoms with Crippen molar-refractivity contribution in [3.8, 4) is 28.8 Å². The third-order valence-corrected chi connectivity index (χ3v) is 7.47. The number of benzene rings is 1. The van der Waals surface area contributed by atoms with Crippen molar-refractivity contribution in [1.82, 2.24) is 15.2 Å². The van der Waals surface area contributed by atoms with Crippen molar-refractivity contribution in [2.45, 2.75) is 37.8 Å². The number of phenolic OH excluding ortho intramolecular Hbond substituents is 1. The number of nitrogen functional groups attached to an aromatic ring is 1. The number of ether oxygens (including phenoxy) is 1. The topological polar surface area (TPSA) is 101 Å². The summed E-state index contributed by atoms with van der Waals surface area (Å²) in [5.41, 5.74) is 10.4. The predicted molar refractivity (Wildman–Crippen MR) is 140 cm³/mol. The number of phenols is 1. The van der Waals surface area contributed by atoms with Crippen LogP contribution in [0.2, 0.25) is 0 Å². The van der Waals surface area contributed by atoms with Crippen LogP contribution in [0.5, 0.6) is 5.75 Å². The number of aromatic hydroxyl groups is 1. The van der Waals surface area contributed by atoms with Crippen LogP contribution in [0.4, 0.5) is 17.2 Å². The van der Waals surface area contributed by atoms with E-state index in [1.165, 1.54) is 5.69 Å². The lowest BCUT2D eigenvalue weighted by molar-refractivity contribution is 0.0807. The Labute approximate surface area is 211 Å². The van der Waals surface area contributed by atoms with Gasteiger partial charge in [0, 0.05) is 61.8 Å². The van der Waals surface area contributed by atoms with Gasteiger partial charge in [0.1, 0.15) is 11.4 Å². The summed E-state index contributed by atoms with van der Waals surface area (Å²) >= 11 is 0. The van der Waals surface area contributed by atoms with Crippen molar-refractivity contribution < 1.29 is 9.84 Å². The van der Waals surface area contributed by atoms with E-state index in [0.29, 0.717) is 35.1 Å². The highest BCUT2D eigenvalue weighted by atomic mass is 16.5. The summed E-state index contributed by atoms with van der Waals surface area (Å²) in [6, 6.07) is 14.1. The number of nitrogens with two attached hydrogens (primary N) is 1. The van der Waals surface area contributed by atoms with Gasteiger partial charge in [0.15, 0.2) is 5.82 Å². The maximum absolute atomic E-state index is 10.3. The molecule has 3 N–H and O–H groups in total. The van der Waals surface area contributed by atoms with Crippen molar-refractivity contribution in [3.05, 3.63) is 54.4 Å². The van der Waals surface area contributed by atoms with Gasteiger partial charge in [-0.15, -0.1) is 10.2 Å². The Kier molecular flexibility index (Phi) is 6.08. The molecule has 184 valence electrons. The Bertz CT molecular complexity index is 1300. The lowest BCUT2D eigenvalue weighted by Gasteiger charge is -2.43. The predicted octanol–water partition coefficient (Wildman–Crippen LogP) is 3.46. The highest BCUT2D eigenvalue weighted by Crippen LogP contribution is 2.39. The molecule has 0 saturated carbocycles. The van der Waals surface area contributed by atoms with E-state index < -0.39 is 0 Å². The van der Waals surface area contributed by atoms with Gasteiger partial charge in [0.25, 0.3) is 0 Å². The molecule has 2 atom stereocenters. The number of para-hydroxylation sites is 1. The molecule has 3 aliphatic heterocycles. The number of piperazine rings is 1. The van der Waals surface area contributed by atoms with Crippen molar-refractivity contribution in [1.29, 1.82) is 0 Å². The molecule has 6 rings (SSSR count). The summed E-state index contributed by atoms with van der Waals surface area (Å²) in [5.74, 6) is 7.70. The van der Waals surface area contributed by atoms with Crippen LogP contribution < -0.4 is 15.5 Å². The van der Waals surface area contributed by atoms with E-state index in [1.54, 1.807) is 12.1 Å².